The number of rotatable bonds is 5. The molecule has 1 fully saturated rings. The molecule has 0 radical (unpaired) electrons. The lowest BCUT2D eigenvalue weighted by atomic mass is 9.87. The van der Waals surface area contributed by atoms with E-state index in [2.05, 4.69) is 12.2 Å². The van der Waals surface area contributed by atoms with Gasteiger partial charge in [-0.25, -0.2) is 0 Å². The standard InChI is InChI=1S/C15H21Cl2NO/c1-2-18-15(11-5-7-19-8-6-11)10-12-9-13(16)3-4-14(12)17/h3-4,9,11,15,18H,2,5-8,10H2,1H3. The average molecular weight is 302 g/mol. The van der Waals surface area contributed by atoms with Crippen LogP contribution in [0.1, 0.15) is 25.3 Å². The van der Waals surface area contributed by atoms with E-state index in [0.29, 0.717) is 12.0 Å². The maximum atomic E-state index is 6.27. The predicted octanol–water partition coefficient (Wildman–Crippen LogP) is 3.94. The van der Waals surface area contributed by atoms with Gasteiger partial charge in [0.15, 0.2) is 0 Å². The van der Waals surface area contributed by atoms with Crippen molar-refractivity contribution in [1.82, 2.24) is 5.32 Å². The van der Waals surface area contributed by atoms with Crippen LogP contribution in [0.2, 0.25) is 10.0 Å². The van der Waals surface area contributed by atoms with Crippen molar-refractivity contribution in [2.45, 2.75) is 32.2 Å². The first-order valence-electron chi connectivity index (χ1n) is 6.95. The Hall–Kier alpha value is -0.280. The summed E-state index contributed by atoms with van der Waals surface area (Å²) in [7, 11) is 0. The van der Waals surface area contributed by atoms with Crippen molar-refractivity contribution in [3.8, 4) is 0 Å². The lowest BCUT2D eigenvalue weighted by molar-refractivity contribution is 0.0540. The van der Waals surface area contributed by atoms with Crippen LogP contribution in [0.4, 0.5) is 0 Å². The number of ether oxygens (including phenoxy) is 1. The molecule has 0 bridgehead atoms. The van der Waals surface area contributed by atoms with Crippen molar-refractivity contribution in [2.24, 2.45) is 5.92 Å². The summed E-state index contributed by atoms with van der Waals surface area (Å²) in [4.78, 5) is 0. The highest BCUT2D eigenvalue weighted by Crippen LogP contribution is 2.26. The molecule has 0 saturated carbocycles. The van der Waals surface area contributed by atoms with Crippen molar-refractivity contribution in [2.75, 3.05) is 19.8 Å². The summed E-state index contributed by atoms with van der Waals surface area (Å²) in [5.41, 5.74) is 1.13. The minimum absolute atomic E-state index is 0.449. The van der Waals surface area contributed by atoms with Crippen LogP contribution in [0.15, 0.2) is 18.2 Å². The van der Waals surface area contributed by atoms with E-state index in [9.17, 15) is 0 Å². The minimum Gasteiger partial charge on any atom is -0.381 e. The van der Waals surface area contributed by atoms with Crippen molar-refractivity contribution < 1.29 is 4.74 Å². The van der Waals surface area contributed by atoms with E-state index in [0.717, 1.165) is 54.6 Å². The van der Waals surface area contributed by atoms with Crippen LogP contribution in [0.5, 0.6) is 0 Å². The topological polar surface area (TPSA) is 21.3 Å². The summed E-state index contributed by atoms with van der Waals surface area (Å²) in [5.74, 6) is 0.656. The molecule has 0 aliphatic carbocycles. The summed E-state index contributed by atoms with van der Waals surface area (Å²) < 4.78 is 5.45. The Kier molecular flexibility index (Phi) is 5.96. The number of hydrogen-bond acceptors (Lipinski definition) is 2. The van der Waals surface area contributed by atoms with E-state index in [1.165, 1.54) is 0 Å². The van der Waals surface area contributed by atoms with Gasteiger partial charge in [0.2, 0.25) is 0 Å². The molecule has 0 aromatic heterocycles. The zero-order chi connectivity index (χ0) is 13.7. The molecule has 2 nitrogen and oxygen atoms in total. The van der Waals surface area contributed by atoms with Gasteiger partial charge < -0.3 is 10.1 Å². The molecule has 1 unspecified atom stereocenters. The van der Waals surface area contributed by atoms with Crippen LogP contribution >= 0.6 is 23.2 Å². The van der Waals surface area contributed by atoms with Gasteiger partial charge in [-0.1, -0.05) is 30.1 Å². The molecule has 1 saturated heterocycles. The third-order valence-corrected chi connectivity index (χ3v) is 4.35. The highest BCUT2D eigenvalue weighted by Gasteiger charge is 2.24. The van der Waals surface area contributed by atoms with Gasteiger partial charge in [-0.05, 0) is 55.5 Å². The molecule has 19 heavy (non-hydrogen) atoms. The van der Waals surface area contributed by atoms with Gasteiger partial charge in [-0.15, -0.1) is 0 Å². The maximum Gasteiger partial charge on any atom is 0.0469 e. The normalized spacial score (nSPS) is 18.5. The number of halogens is 2. The van der Waals surface area contributed by atoms with Crippen molar-refractivity contribution in [3.63, 3.8) is 0 Å². The molecule has 1 aromatic rings. The van der Waals surface area contributed by atoms with Crippen LogP contribution in [0.3, 0.4) is 0 Å². The molecule has 1 aromatic carbocycles. The van der Waals surface area contributed by atoms with Crippen LogP contribution < -0.4 is 5.32 Å². The Morgan fingerprint density at radius 2 is 2.05 bits per heavy atom. The third-order valence-electron chi connectivity index (χ3n) is 3.75. The quantitative estimate of drug-likeness (QED) is 0.889. The van der Waals surface area contributed by atoms with E-state index < -0.39 is 0 Å². The third kappa shape index (κ3) is 4.35. The average Bonchev–Trinajstić information content (AvgIpc) is 2.43. The summed E-state index contributed by atoms with van der Waals surface area (Å²) in [6, 6.07) is 6.15. The molecule has 4 heteroatoms. The molecule has 0 spiro atoms. The smallest absolute Gasteiger partial charge is 0.0469 e. The molecule has 1 atom stereocenters. The lowest BCUT2D eigenvalue weighted by Gasteiger charge is -2.31. The Morgan fingerprint density at radius 1 is 1.32 bits per heavy atom. The largest absolute Gasteiger partial charge is 0.381 e. The van der Waals surface area contributed by atoms with Crippen LogP contribution in [-0.4, -0.2) is 25.8 Å². The fourth-order valence-electron chi connectivity index (χ4n) is 2.72. The molecule has 1 heterocycles. The summed E-state index contributed by atoms with van der Waals surface area (Å²) >= 11 is 12.3. The summed E-state index contributed by atoms with van der Waals surface area (Å²) in [6.45, 7) is 4.86. The Balaban J connectivity index is 2.08. The minimum atomic E-state index is 0.449. The van der Waals surface area contributed by atoms with E-state index in [-0.39, 0.29) is 0 Å². The van der Waals surface area contributed by atoms with Crippen molar-refractivity contribution >= 4 is 23.2 Å². The number of nitrogens with one attached hydrogen (secondary N) is 1. The lowest BCUT2D eigenvalue weighted by Crippen LogP contribution is -2.40. The van der Waals surface area contributed by atoms with Crippen molar-refractivity contribution in [3.05, 3.63) is 33.8 Å². The first-order chi connectivity index (χ1) is 9.20. The van der Waals surface area contributed by atoms with Gasteiger partial charge in [0.25, 0.3) is 0 Å². The molecule has 106 valence electrons. The van der Waals surface area contributed by atoms with Gasteiger partial charge in [-0.3, -0.25) is 0 Å². The van der Waals surface area contributed by atoms with Gasteiger partial charge >= 0.3 is 0 Å². The highest BCUT2D eigenvalue weighted by molar-refractivity contribution is 6.33. The molecule has 1 aliphatic heterocycles. The zero-order valence-corrected chi connectivity index (χ0v) is 12.8. The highest BCUT2D eigenvalue weighted by atomic mass is 35.5. The monoisotopic (exact) mass is 301 g/mol. The number of likely N-dealkylation sites (N-methyl/N-ethyl adjacent to an activating group) is 1. The molecule has 2 rings (SSSR count). The first kappa shape index (κ1) is 15.1. The Labute approximate surface area is 125 Å². The second kappa shape index (κ2) is 7.49. The maximum absolute atomic E-state index is 6.27. The molecule has 1 N–H and O–H groups in total. The Morgan fingerprint density at radius 3 is 2.74 bits per heavy atom. The predicted molar refractivity (Wildman–Crippen MR) is 81.2 cm³/mol. The zero-order valence-electron chi connectivity index (χ0n) is 11.3. The van der Waals surface area contributed by atoms with Gasteiger partial charge in [0, 0.05) is 29.3 Å². The van der Waals surface area contributed by atoms with Crippen LogP contribution in [0, 0.1) is 5.92 Å². The van der Waals surface area contributed by atoms with Crippen LogP contribution in [-0.2, 0) is 11.2 Å². The molecule has 1 aliphatic rings. The second-order valence-electron chi connectivity index (χ2n) is 5.05. The fourth-order valence-corrected chi connectivity index (χ4v) is 3.11. The molecular weight excluding hydrogens is 281 g/mol. The number of hydrogen-bond donors (Lipinski definition) is 1. The van der Waals surface area contributed by atoms with Crippen molar-refractivity contribution in [1.29, 1.82) is 0 Å². The fraction of sp³-hybridized carbons (Fsp3) is 0.600. The van der Waals surface area contributed by atoms with E-state index in [4.69, 9.17) is 27.9 Å². The SMILES string of the molecule is CCNC(Cc1cc(Cl)ccc1Cl)C1CCOCC1. The van der Waals surface area contributed by atoms with Crippen LogP contribution in [0.25, 0.3) is 0 Å². The van der Waals surface area contributed by atoms with E-state index in [1.54, 1.807) is 0 Å². The Bertz CT molecular complexity index is 405. The second-order valence-corrected chi connectivity index (χ2v) is 5.90. The first-order valence-corrected chi connectivity index (χ1v) is 7.71. The van der Waals surface area contributed by atoms with E-state index in [1.807, 2.05) is 18.2 Å². The van der Waals surface area contributed by atoms with E-state index >= 15 is 0 Å². The molecule has 0 amide bonds. The van der Waals surface area contributed by atoms with Gasteiger partial charge in [0.1, 0.15) is 0 Å². The number of benzene rings is 1. The van der Waals surface area contributed by atoms with Gasteiger partial charge in [0.05, 0.1) is 0 Å². The summed E-state index contributed by atoms with van der Waals surface area (Å²) in [5, 5.41) is 5.15. The van der Waals surface area contributed by atoms with Gasteiger partial charge in [-0.2, -0.15) is 0 Å². The molecular formula is C15H21Cl2NO. The summed E-state index contributed by atoms with van der Waals surface area (Å²) in [6.07, 6.45) is 3.17.